The molecule has 0 unspecified atom stereocenters. The van der Waals surface area contributed by atoms with E-state index < -0.39 is 11.6 Å². The van der Waals surface area contributed by atoms with Gasteiger partial charge in [0.2, 0.25) is 0 Å². The molecule has 0 saturated heterocycles. The Kier molecular flexibility index (Phi) is 6.32. The highest BCUT2D eigenvalue weighted by Crippen LogP contribution is 2.32. The Morgan fingerprint density at radius 3 is 2.29 bits per heavy atom. The van der Waals surface area contributed by atoms with Gasteiger partial charge in [0.1, 0.15) is 11.3 Å². The summed E-state index contributed by atoms with van der Waals surface area (Å²) in [7, 11) is 1.34. The molecule has 6 nitrogen and oxygen atoms in total. The molecule has 0 aromatic carbocycles. The van der Waals surface area contributed by atoms with Crippen molar-refractivity contribution in [2.75, 3.05) is 7.11 Å². The molecule has 0 spiro atoms. The molecule has 1 N–H and O–H groups in total. The van der Waals surface area contributed by atoms with Gasteiger partial charge in [0.25, 0.3) is 0 Å². The topological polar surface area (TPSA) is 85.5 Å². The van der Waals surface area contributed by atoms with Crippen molar-refractivity contribution in [3.63, 3.8) is 0 Å². The second-order valence-corrected chi connectivity index (χ2v) is 8.11. The maximum atomic E-state index is 12.7. The largest absolute Gasteiger partial charge is 0.469 e. The van der Waals surface area contributed by atoms with Gasteiger partial charge in [0.15, 0.2) is 5.78 Å². The van der Waals surface area contributed by atoms with E-state index in [0.717, 1.165) is 33.5 Å². The van der Waals surface area contributed by atoms with Crippen LogP contribution in [0.4, 0.5) is 0 Å². The lowest BCUT2D eigenvalue weighted by Gasteiger charge is -2.19. The second kappa shape index (κ2) is 8.17. The molecule has 0 radical (unpaired) electrons. The van der Waals surface area contributed by atoms with Crippen LogP contribution in [0.15, 0.2) is 16.7 Å². The molecule has 0 saturated carbocycles. The number of aromatic amines is 1. The first-order valence-electron chi connectivity index (χ1n) is 9.37. The van der Waals surface area contributed by atoms with Crippen molar-refractivity contribution in [2.24, 2.45) is 0 Å². The first kappa shape index (κ1) is 21.7. The van der Waals surface area contributed by atoms with Gasteiger partial charge in [-0.25, -0.2) is 4.79 Å². The van der Waals surface area contributed by atoms with Crippen LogP contribution in [0.5, 0.6) is 0 Å². The fourth-order valence-corrected chi connectivity index (χ4v) is 3.16. The lowest BCUT2D eigenvalue weighted by atomic mass is 10.0. The van der Waals surface area contributed by atoms with Gasteiger partial charge in [-0.15, -0.1) is 0 Å². The minimum absolute atomic E-state index is 0.117. The molecule has 152 valence electrons. The monoisotopic (exact) mass is 387 g/mol. The van der Waals surface area contributed by atoms with E-state index >= 15 is 0 Å². The van der Waals surface area contributed by atoms with Crippen molar-refractivity contribution in [1.29, 1.82) is 0 Å². The molecule has 1 heterocycles. The van der Waals surface area contributed by atoms with Gasteiger partial charge in [-0.3, -0.25) is 9.59 Å². The summed E-state index contributed by atoms with van der Waals surface area (Å²) < 4.78 is 10.2. The zero-order valence-electron chi connectivity index (χ0n) is 17.7. The molecule has 1 aliphatic rings. The van der Waals surface area contributed by atoms with Crippen LogP contribution in [0.25, 0.3) is 6.08 Å². The highest BCUT2D eigenvalue weighted by molar-refractivity contribution is 6.03. The number of carbonyl (C=O) groups is 3. The number of hydrogen-bond donors (Lipinski definition) is 1. The number of Topliss-reactive ketones (excluding diaryl/α,β-unsaturated/α-hetero) is 1. The Morgan fingerprint density at radius 2 is 1.79 bits per heavy atom. The van der Waals surface area contributed by atoms with Crippen LogP contribution < -0.4 is 0 Å². The average Bonchev–Trinajstić information content (AvgIpc) is 3.03. The molecule has 0 bridgehead atoms. The molecular formula is C22H29NO5. The third-order valence-corrected chi connectivity index (χ3v) is 4.96. The van der Waals surface area contributed by atoms with Crippen molar-refractivity contribution in [3.05, 3.63) is 39.2 Å². The quantitative estimate of drug-likeness (QED) is 0.770. The van der Waals surface area contributed by atoms with Gasteiger partial charge in [-0.2, -0.15) is 0 Å². The molecule has 1 aromatic heterocycles. The Morgan fingerprint density at radius 1 is 1.14 bits per heavy atom. The minimum Gasteiger partial charge on any atom is -0.469 e. The lowest BCUT2D eigenvalue weighted by Crippen LogP contribution is -2.24. The maximum Gasteiger partial charge on any atom is 0.355 e. The van der Waals surface area contributed by atoms with Crippen molar-refractivity contribution in [1.82, 2.24) is 4.98 Å². The summed E-state index contributed by atoms with van der Waals surface area (Å²) in [5.41, 5.74) is 4.72. The normalized spacial score (nSPS) is 16.1. The molecule has 1 aliphatic carbocycles. The van der Waals surface area contributed by atoms with Crippen molar-refractivity contribution in [3.8, 4) is 0 Å². The molecule has 0 amide bonds. The van der Waals surface area contributed by atoms with Crippen LogP contribution in [0.3, 0.4) is 0 Å². The number of hydrogen-bond acceptors (Lipinski definition) is 5. The van der Waals surface area contributed by atoms with Crippen LogP contribution in [-0.2, 0) is 25.5 Å². The third kappa shape index (κ3) is 4.80. The Hall–Kier alpha value is -2.63. The number of allylic oxidation sites excluding steroid dienone is 3. The predicted molar refractivity (Wildman–Crippen MR) is 107 cm³/mol. The number of H-pyrrole nitrogens is 1. The van der Waals surface area contributed by atoms with E-state index in [0.29, 0.717) is 18.5 Å². The first-order valence-corrected chi connectivity index (χ1v) is 9.37. The fraction of sp³-hybridized carbons (Fsp3) is 0.500. The van der Waals surface area contributed by atoms with Gasteiger partial charge in [-0.05, 0) is 81.9 Å². The number of nitrogens with one attached hydrogen (secondary N) is 1. The van der Waals surface area contributed by atoms with Gasteiger partial charge in [0, 0.05) is 18.5 Å². The van der Waals surface area contributed by atoms with E-state index in [1.165, 1.54) is 7.11 Å². The summed E-state index contributed by atoms with van der Waals surface area (Å²) >= 11 is 0. The summed E-state index contributed by atoms with van der Waals surface area (Å²) in [6.45, 7) is 11.1. The van der Waals surface area contributed by atoms with Crippen molar-refractivity contribution >= 4 is 23.8 Å². The predicted octanol–water partition coefficient (Wildman–Crippen LogP) is 4.08. The van der Waals surface area contributed by atoms with Crippen molar-refractivity contribution in [2.45, 2.75) is 66.4 Å². The van der Waals surface area contributed by atoms with E-state index in [1.54, 1.807) is 20.8 Å². The van der Waals surface area contributed by atoms with E-state index in [-0.39, 0.29) is 18.2 Å². The smallest absolute Gasteiger partial charge is 0.355 e. The van der Waals surface area contributed by atoms with Crippen LogP contribution in [0.2, 0.25) is 0 Å². The fourth-order valence-electron chi connectivity index (χ4n) is 3.16. The third-order valence-electron chi connectivity index (χ3n) is 4.96. The van der Waals surface area contributed by atoms with Crippen LogP contribution in [-0.4, -0.2) is 35.4 Å². The number of ketones is 1. The molecule has 0 atom stereocenters. The lowest BCUT2D eigenvalue weighted by molar-refractivity contribution is -0.140. The summed E-state index contributed by atoms with van der Waals surface area (Å²) in [6.07, 6.45) is 2.79. The Bertz CT molecular complexity index is 877. The Balaban J connectivity index is 2.46. The van der Waals surface area contributed by atoms with Crippen LogP contribution in [0.1, 0.15) is 74.8 Å². The number of ether oxygens (including phenoxy) is 2. The van der Waals surface area contributed by atoms with Gasteiger partial charge >= 0.3 is 11.9 Å². The number of carbonyl (C=O) groups excluding carboxylic acids is 3. The number of rotatable bonds is 5. The molecular weight excluding hydrogens is 358 g/mol. The molecule has 2 rings (SSSR count). The van der Waals surface area contributed by atoms with Gasteiger partial charge in [0.05, 0.1) is 7.11 Å². The molecule has 1 aromatic rings. The highest BCUT2D eigenvalue weighted by Gasteiger charge is 2.26. The van der Waals surface area contributed by atoms with E-state index in [4.69, 9.17) is 9.47 Å². The molecule has 0 fully saturated rings. The summed E-state index contributed by atoms with van der Waals surface area (Å²) in [5, 5.41) is 0. The average molecular weight is 387 g/mol. The number of esters is 2. The first-order chi connectivity index (χ1) is 12.9. The molecule has 0 aliphatic heterocycles. The zero-order chi connectivity index (χ0) is 21.2. The zero-order valence-corrected chi connectivity index (χ0v) is 17.7. The SMILES string of the molecule is COC(=O)CCc1c(C(=O)OC(C)(C)C)[nH]c(/C=C2/CC(=O)C(C)=C2C)c1C. The van der Waals surface area contributed by atoms with E-state index in [1.807, 2.05) is 26.8 Å². The summed E-state index contributed by atoms with van der Waals surface area (Å²) in [4.78, 5) is 39.5. The summed E-state index contributed by atoms with van der Waals surface area (Å²) in [5.74, 6) is -0.691. The number of aromatic nitrogens is 1. The molecule has 28 heavy (non-hydrogen) atoms. The van der Waals surface area contributed by atoms with Gasteiger partial charge in [-0.1, -0.05) is 0 Å². The Labute approximate surface area is 166 Å². The van der Waals surface area contributed by atoms with Crippen LogP contribution >= 0.6 is 0 Å². The highest BCUT2D eigenvalue weighted by atomic mass is 16.6. The standard InChI is InChI=1S/C22H29NO5/c1-12-13(2)18(24)11-15(12)10-17-14(3)16(8-9-19(25)27-7)20(23-17)21(26)28-22(4,5)6/h10,23H,8-9,11H2,1-7H3/b15-10-. The van der Waals surface area contributed by atoms with Crippen molar-refractivity contribution < 1.29 is 23.9 Å². The summed E-state index contributed by atoms with van der Waals surface area (Å²) in [6, 6.07) is 0. The van der Waals surface area contributed by atoms with E-state index in [9.17, 15) is 14.4 Å². The minimum atomic E-state index is -0.636. The molecule has 6 heteroatoms. The van der Waals surface area contributed by atoms with Gasteiger partial charge < -0.3 is 14.5 Å². The van der Waals surface area contributed by atoms with E-state index in [2.05, 4.69) is 4.98 Å². The maximum absolute atomic E-state index is 12.7. The second-order valence-electron chi connectivity index (χ2n) is 8.11. The van der Waals surface area contributed by atoms with Crippen LogP contribution in [0, 0.1) is 6.92 Å². The number of methoxy groups -OCH3 is 1.